The molecular formula is C21H31FN2O2. The molecular weight excluding hydrogens is 331 g/mol. The third-order valence-electron chi connectivity index (χ3n) is 6.11. The van der Waals surface area contributed by atoms with Gasteiger partial charge in [0.15, 0.2) is 0 Å². The SMILES string of the molecule is CC[C@@H]1CCCCN1CC(=O)N1CCC[C@](O)(c2ccc(F)cc2)CC1. The summed E-state index contributed by atoms with van der Waals surface area (Å²) in [5, 5.41) is 11.0. The lowest BCUT2D eigenvalue weighted by molar-refractivity contribution is -0.133. The number of rotatable bonds is 4. The van der Waals surface area contributed by atoms with Crippen molar-refractivity contribution in [3.8, 4) is 0 Å². The molecule has 2 heterocycles. The number of benzene rings is 1. The number of carbonyl (C=O) groups excluding carboxylic acids is 1. The molecule has 2 fully saturated rings. The number of halogens is 1. The predicted molar refractivity (Wildman–Crippen MR) is 100 cm³/mol. The minimum Gasteiger partial charge on any atom is -0.385 e. The molecule has 0 spiro atoms. The Labute approximate surface area is 156 Å². The second-order valence-corrected chi connectivity index (χ2v) is 7.80. The molecule has 0 aromatic heterocycles. The van der Waals surface area contributed by atoms with Crippen molar-refractivity contribution in [3.05, 3.63) is 35.6 Å². The van der Waals surface area contributed by atoms with Crippen LogP contribution in [0.3, 0.4) is 0 Å². The summed E-state index contributed by atoms with van der Waals surface area (Å²) in [6.45, 7) is 4.94. The van der Waals surface area contributed by atoms with Crippen LogP contribution in [0, 0.1) is 5.82 Å². The summed E-state index contributed by atoms with van der Waals surface area (Å²) < 4.78 is 13.2. The van der Waals surface area contributed by atoms with E-state index in [9.17, 15) is 14.3 Å². The van der Waals surface area contributed by atoms with Gasteiger partial charge >= 0.3 is 0 Å². The molecule has 2 aliphatic heterocycles. The number of amides is 1. The maximum atomic E-state index is 13.2. The van der Waals surface area contributed by atoms with Crippen LogP contribution in [0.1, 0.15) is 57.4 Å². The maximum Gasteiger partial charge on any atom is 0.236 e. The molecule has 0 unspecified atom stereocenters. The van der Waals surface area contributed by atoms with Crippen LogP contribution in [0.25, 0.3) is 0 Å². The van der Waals surface area contributed by atoms with Gasteiger partial charge in [0, 0.05) is 19.1 Å². The highest BCUT2D eigenvalue weighted by Crippen LogP contribution is 2.33. The first-order chi connectivity index (χ1) is 12.5. The summed E-state index contributed by atoms with van der Waals surface area (Å²) in [7, 11) is 0. The normalized spacial score (nSPS) is 28.0. The number of carbonyl (C=O) groups is 1. The minimum atomic E-state index is -0.972. The Morgan fingerprint density at radius 2 is 1.92 bits per heavy atom. The quantitative estimate of drug-likeness (QED) is 0.894. The summed E-state index contributed by atoms with van der Waals surface area (Å²) in [4.78, 5) is 17.1. The summed E-state index contributed by atoms with van der Waals surface area (Å²) in [6.07, 6.45) is 6.58. The molecule has 1 amide bonds. The average Bonchev–Trinajstić information content (AvgIpc) is 2.85. The van der Waals surface area contributed by atoms with Gasteiger partial charge in [-0.05, 0) is 62.8 Å². The van der Waals surface area contributed by atoms with Gasteiger partial charge in [-0.2, -0.15) is 0 Å². The Bertz CT molecular complexity index is 607. The van der Waals surface area contributed by atoms with E-state index in [0.29, 0.717) is 38.5 Å². The highest BCUT2D eigenvalue weighted by molar-refractivity contribution is 5.78. The Kier molecular flexibility index (Phi) is 6.30. The van der Waals surface area contributed by atoms with Gasteiger partial charge < -0.3 is 10.0 Å². The van der Waals surface area contributed by atoms with E-state index in [-0.39, 0.29) is 11.7 Å². The van der Waals surface area contributed by atoms with Crippen LogP contribution in [-0.2, 0) is 10.4 Å². The number of nitrogens with zero attached hydrogens (tertiary/aromatic N) is 2. The van der Waals surface area contributed by atoms with E-state index in [1.165, 1.54) is 31.4 Å². The van der Waals surface area contributed by atoms with Gasteiger partial charge in [-0.3, -0.25) is 9.69 Å². The van der Waals surface area contributed by atoms with Gasteiger partial charge in [0.05, 0.1) is 12.1 Å². The molecule has 26 heavy (non-hydrogen) atoms. The zero-order valence-corrected chi connectivity index (χ0v) is 15.8. The maximum absolute atomic E-state index is 13.2. The summed E-state index contributed by atoms with van der Waals surface area (Å²) in [6, 6.07) is 6.62. The first kappa shape index (κ1) is 19.3. The standard InChI is InChI=1S/C21H31FN2O2/c1-2-19-6-3-4-13-24(19)16-20(25)23-14-5-11-21(26,12-15-23)17-7-9-18(22)10-8-17/h7-10,19,26H,2-6,11-16H2,1H3/t19-,21-/m1/s1. The highest BCUT2D eigenvalue weighted by atomic mass is 19.1. The molecule has 0 aliphatic carbocycles. The van der Waals surface area contributed by atoms with E-state index in [2.05, 4.69) is 11.8 Å². The molecule has 4 nitrogen and oxygen atoms in total. The monoisotopic (exact) mass is 362 g/mol. The molecule has 1 aromatic rings. The second-order valence-electron chi connectivity index (χ2n) is 7.80. The lowest BCUT2D eigenvalue weighted by Crippen LogP contribution is -2.47. The lowest BCUT2D eigenvalue weighted by Gasteiger charge is -2.36. The Morgan fingerprint density at radius 1 is 1.15 bits per heavy atom. The van der Waals surface area contributed by atoms with Gasteiger partial charge in [0.1, 0.15) is 5.82 Å². The van der Waals surface area contributed by atoms with E-state index < -0.39 is 5.60 Å². The third-order valence-corrected chi connectivity index (χ3v) is 6.11. The lowest BCUT2D eigenvalue weighted by atomic mass is 9.87. The van der Waals surface area contributed by atoms with Gasteiger partial charge in [0.2, 0.25) is 5.91 Å². The van der Waals surface area contributed by atoms with Crippen LogP contribution in [0.4, 0.5) is 4.39 Å². The molecule has 3 rings (SSSR count). The fourth-order valence-corrected chi connectivity index (χ4v) is 4.42. The smallest absolute Gasteiger partial charge is 0.236 e. The van der Waals surface area contributed by atoms with Crippen LogP contribution in [-0.4, -0.2) is 53.0 Å². The molecule has 2 aliphatic rings. The third kappa shape index (κ3) is 4.44. The van der Waals surface area contributed by atoms with E-state index >= 15 is 0 Å². The highest BCUT2D eigenvalue weighted by Gasteiger charge is 2.34. The van der Waals surface area contributed by atoms with Crippen molar-refractivity contribution in [1.29, 1.82) is 0 Å². The van der Waals surface area contributed by atoms with Crippen molar-refractivity contribution in [2.24, 2.45) is 0 Å². The van der Waals surface area contributed by atoms with E-state index in [1.807, 2.05) is 4.90 Å². The molecule has 0 bridgehead atoms. The molecule has 1 N–H and O–H groups in total. The van der Waals surface area contributed by atoms with Crippen LogP contribution >= 0.6 is 0 Å². The van der Waals surface area contributed by atoms with Gasteiger partial charge in [-0.15, -0.1) is 0 Å². The molecule has 0 radical (unpaired) electrons. The first-order valence-electron chi connectivity index (χ1n) is 10.0. The first-order valence-corrected chi connectivity index (χ1v) is 10.0. The van der Waals surface area contributed by atoms with Gasteiger partial charge in [-0.1, -0.05) is 25.5 Å². The van der Waals surface area contributed by atoms with Gasteiger partial charge in [-0.25, -0.2) is 4.39 Å². The summed E-state index contributed by atoms with van der Waals surface area (Å²) in [5.74, 6) is -0.122. The second kappa shape index (κ2) is 8.49. The molecule has 144 valence electrons. The molecule has 5 heteroatoms. The fourth-order valence-electron chi connectivity index (χ4n) is 4.42. The molecule has 0 saturated carbocycles. The van der Waals surface area contributed by atoms with Crippen molar-refractivity contribution >= 4 is 5.91 Å². The van der Waals surface area contributed by atoms with E-state index in [1.54, 1.807) is 12.1 Å². The molecule has 1 aromatic carbocycles. The van der Waals surface area contributed by atoms with Crippen molar-refractivity contribution in [2.45, 2.75) is 63.5 Å². The van der Waals surface area contributed by atoms with Crippen molar-refractivity contribution in [3.63, 3.8) is 0 Å². The van der Waals surface area contributed by atoms with Crippen LogP contribution in [0.2, 0.25) is 0 Å². The van der Waals surface area contributed by atoms with Crippen molar-refractivity contribution in [1.82, 2.24) is 9.80 Å². The van der Waals surface area contributed by atoms with E-state index in [4.69, 9.17) is 0 Å². The number of hydrogen-bond donors (Lipinski definition) is 1. The minimum absolute atomic E-state index is 0.175. The van der Waals surface area contributed by atoms with Crippen molar-refractivity contribution in [2.75, 3.05) is 26.2 Å². The Morgan fingerprint density at radius 3 is 2.65 bits per heavy atom. The number of piperidine rings is 1. The summed E-state index contributed by atoms with van der Waals surface area (Å²) in [5.41, 5.74) is -0.227. The number of aliphatic hydroxyl groups is 1. The zero-order chi connectivity index (χ0) is 18.6. The topological polar surface area (TPSA) is 43.8 Å². The average molecular weight is 362 g/mol. The summed E-state index contributed by atoms with van der Waals surface area (Å²) >= 11 is 0. The Balaban J connectivity index is 1.60. The van der Waals surface area contributed by atoms with Crippen molar-refractivity contribution < 1.29 is 14.3 Å². The number of likely N-dealkylation sites (tertiary alicyclic amines) is 2. The Hall–Kier alpha value is -1.46. The van der Waals surface area contributed by atoms with Crippen LogP contribution in [0.5, 0.6) is 0 Å². The largest absolute Gasteiger partial charge is 0.385 e. The number of hydrogen-bond acceptors (Lipinski definition) is 3. The zero-order valence-electron chi connectivity index (χ0n) is 15.8. The van der Waals surface area contributed by atoms with E-state index in [0.717, 1.165) is 24.9 Å². The fraction of sp³-hybridized carbons (Fsp3) is 0.667. The van der Waals surface area contributed by atoms with Crippen LogP contribution < -0.4 is 0 Å². The molecule has 2 saturated heterocycles. The van der Waals surface area contributed by atoms with Gasteiger partial charge in [0.25, 0.3) is 0 Å². The predicted octanol–water partition coefficient (Wildman–Crippen LogP) is 3.29. The molecule has 2 atom stereocenters. The van der Waals surface area contributed by atoms with Crippen LogP contribution in [0.15, 0.2) is 24.3 Å².